The van der Waals surface area contributed by atoms with Gasteiger partial charge in [0.15, 0.2) is 0 Å². The zero-order valence-corrected chi connectivity index (χ0v) is 13.0. The molecular formula is C17H23NO4. The van der Waals surface area contributed by atoms with Crippen molar-refractivity contribution >= 4 is 12.1 Å². The smallest absolute Gasteiger partial charge is 0.410 e. The van der Waals surface area contributed by atoms with E-state index in [0.717, 1.165) is 18.4 Å². The highest BCUT2D eigenvalue weighted by atomic mass is 16.6. The molecule has 1 atom stereocenters. The maximum absolute atomic E-state index is 12.1. The predicted octanol–water partition coefficient (Wildman–Crippen LogP) is 2.99. The lowest BCUT2D eigenvalue weighted by Gasteiger charge is -2.31. The summed E-state index contributed by atoms with van der Waals surface area (Å²) in [6.45, 7) is 3.72. The molecule has 1 aromatic carbocycles. The number of esters is 1. The van der Waals surface area contributed by atoms with E-state index in [4.69, 9.17) is 9.47 Å². The number of carbonyl (C=O) groups excluding carboxylic acids is 2. The van der Waals surface area contributed by atoms with Gasteiger partial charge < -0.3 is 14.4 Å². The van der Waals surface area contributed by atoms with E-state index in [9.17, 15) is 9.59 Å². The van der Waals surface area contributed by atoms with Crippen LogP contribution in [0.2, 0.25) is 0 Å². The predicted molar refractivity (Wildman–Crippen MR) is 82.2 cm³/mol. The van der Waals surface area contributed by atoms with Crippen LogP contribution in [0.1, 0.15) is 31.7 Å². The molecule has 5 nitrogen and oxygen atoms in total. The molecule has 1 aliphatic rings. The minimum Gasteiger partial charge on any atom is -0.466 e. The lowest BCUT2D eigenvalue weighted by Crippen LogP contribution is -2.40. The fourth-order valence-electron chi connectivity index (χ4n) is 2.66. The second-order valence-corrected chi connectivity index (χ2v) is 5.50. The van der Waals surface area contributed by atoms with E-state index >= 15 is 0 Å². The van der Waals surface area contributed by atoms with Crippen molar-refractivity contribution in [2.24, 2.45) is 5.92 Å². The Labute approximate surface area is 131 Å². The summed E-state index contributed by atoms with van der Waals surface area (Å²) in [5.74, 6) is -0.0240. The van der Waals surface area contributed by atoms with Gasteiger partial charge in [-0.05, 0) is 31.2 Å². The summed E-state index contributed by atoms with van der Waals surface area (Å²) >= 11 is 0. The average Bonchev–Trinajstić information content (AvgIpc) is 2.54. The number of likely N-dealkylation sites (tertiary alicyclic amines) is 1. The molecule has 0 saturated carbocycles. The van der Waals surface area contributed by atoms with Gasteiger partial charge in [-0.25, -0.2) is 4.79 Å². The highest BCUT2D eigenvalue weighted by Gasteiger charge is 2.26. The average molecular weight is 305 g/mol. The number of rotatable bonds is 5. The molecule has 0 aliphatic carbocycles. The van der Waals surface area contributed by atoms with Crippen LogP contribution in [0.15, 0.2) is 30.3 Å². The summed E-state index contributed by atoms with van der Waals surface area (Å²) in [6, 6.07) is 9.61. The highest BCUT2D eigenvalue weighted by Crippen LogP contribution is 2.21. The van der Waals surface area contributed by atoms with Crippen LogP contribution in [0.5, 0.6) is 0 Å². The molecule has 120 valence electrons. The summed E-state index contributed by atoms with van der Waals surface area (Å²) in [5.41, 5.74) is 0.968. The van der Waals surface area contributed by atoms with Crippen molar-refractivity contribution < 1.29 is 19.1 Å². The van der Waals surface area contributed by atoms with Gasteiger partial charge in [0.2, 0.25) is 0 Å². The Hall–Kier alpha value is -2.04. The number of ether oxygens (including phenoxy) is 2. The number of amides is 1. The van der Waals surface area contributed by atoms with Gasteiger partial charge in [0.05, 0.1) is 13.0 Å². The quantitative estimate of drug-likeness (QED) is 0.785. The lowest BCUT2D eigenvalue weighted by atomic mass is 9.95. The molecule has 2 rings (SSSR count). The van der Waals surface area contributed by atoms with Crippen molar-refractivity contribution in [1.29, 1.82) is 0 Å². The van der Waals surface area contributed by atoms with Crippen LogP contribution >= 0.6 is 0 Å². The molecule has 22 heavy (non-hydrogen) atoms. The van der Waals surface area contributed by atoms with Crippen LogP contribution in [0.4, 0.5) is 4.79 Å². The molecule has 5 heteroatoms. The molecule has 0 aromatic heterocycles. The third-order valence-corrected chi connectivity index (χ3v) is 3.74. The first-order valence-electron chi connectivity index (χ1n) is 7.80. The van der Waals surface area contributed by atoms with Crippen LogP contribution in [0.3, 0.4) is 0 Å². The fourth-order valence-corrected chi connectivity index (χ4v) is 2.66. The Morgan fingerprint density at radius 3 is 2.73 bits per heavy atom. The van der Waals surface area contributed by atoms with Crippen molar-refractivity contribution in [3.63, 3.8) is 0 Å². The molecule has 1 fully saturated rings. The third-order valence-electron chi connectivity index (χ3n) is 3.74. The van der Waals surface area contributed by atoms with Crippen molar-refractivity contribution in [3.8, 4) is 0 Å². The van der Waals surface area contributed by atoms with E-state index in [0.29, 0.717) is 26.1 Å². The zero-order chi connectivity index (χ0) is 15.8. The van der Waals surface area contributed by atoms with Crippen LogP contribution < -0.4 is 0 Å². The topological polar surface area (TPSA) is 55.8 Å². The third kappa shape index (κ3) is 5.06. The van der Waals surface area contributed by atoms with Crippen molar-refractivity contribution in [2.75, 3.05) is 19.7 Å². The Morgan fingerprint density at radius 1 is 1.23 bits per heavy atom. The Balaban J connectivity index is 1.78. The fraction of sp³-hybridized carbons (Fsp3) is 0.529. The van der Waals surface area contributed by atoms with E-state index in [-0.39, 0.29) is 24.6 Å². The number of piperidine rings is 1. The summed E-state index contributed by atoms with van der Waals surface area (Å²) in [4.78, 5) is 25.3. The van der Waals surface area contributed by atoms with E-state index in [1.807, 2.05) is 30.3 Å². The molecule has 1 heterocycles. The largest absolute Gasteiger partial charge is 0.466 e. The van der Waals surface area contributed by atoms with E-state index in [2.05, 4.69) is 0 Å². The molecule has 0 N–H and O–H groups in total. The van der Waals surface area contributed by atoms with Gasteiger partial charge in [0, 0.05) is 13.1 Å². The molecule has 1 aromatic rings. The maximum Gasteiger partial charge on any atom is 0.410 e. The van der Waals surface area contributed by atoms with Gasteiger partial charge in [-0.3, -0.25) is 4.79 Å². The summed E-state index contributed by atoms with van der Waals surface area (Å²) in [7, 11) is 0. The van der Waals surface area contributed by atoms with E-state index in [1.54, 1.807) is 11.8 Å². The van der Waals surface area contributed by atoms with Crippen molar-refractivity contribution in [3.05, 3.63) is 35.9 Å². The summed E-state index contributed by atoms with van der Waals surface area (Å²) in [6.07, 6.45) is 1.90. The minimum absolute atomic E-state index is 0.164. The Kier molecular flexibility index (Phi) is 6.25. The molecular weight excluding hydrogens is 282 g/mol. The number of hydrogen-bond acceptors (Lipinski definition) is 4. The molecule has 1 amide bonds. The van der Waals surface area contributed by atoms with Gasteiger partial charge in [-0.2, -0.15) is 0 Å². The monoisotopic (exact) mass is 305 g/mol. The van der Waals surface area contributed by atoms with E-state index < -0.39 is 0 Å². The minimum atomic E-state index is -0.308. The summed E-state index contributed by atoms with van der Waals surface area (Å²) in [5, 5.41) is 0. The number of hydrogen-bond donors (Lipinski definition) is 0. The van der Waals surface area contributed by atoms with Gasteiger partial charge in [0.25, 0.3) is 0 Å². The molecule has 1 saturated heterocycles. The number of carbonyl (C=O) groups is 2. The van der Waals surface area contributed by atoms with Gasteiger partial charge in [-0.1, -0.05) is 30.3 Å². The molecule has 1 aliphatic heterocycles. The molecule has 0 spiro atoms. The first-order chi connectivity index (χ1) is 10.7. The Morgan fingerprint density at radius 2 is 2.00 bits per heavy atom. The molecule has 0 bridgehead atoms. The van der Waals surface area contributed by atoms with Crippen LogP contribution in [-0.2, 0) is 20.9 Å². The standard InChI is InChI=1S/C17H23NO4/c1-2-21-16(19)11-15-9-6-10-18(12-15)17(20)22-13-14-7-4-3-5-8-14/h3-5,7-8,15H,2,6,9-13H2,1H3/t15-/m0/s1. The number of benzene rings is 1. The molecule has 0 radical (unpaired) electrons. The van der Waals surface area contributed by atoms with E-state index in [1.165, 1.54) is 0 Å². The van der Waals surface area contributed by atoms with Gasteiger partial charge in [-0.15, -0.1) is 0 Å². The van der Waals surface area contributed by atoms with Crippen LogP contribution in [-0.4, -0.2) is 36.7 Å². The highest BCUT2D eigenvalue weighted by molar-refractivity contribution is 5.70. The first kappa shape index (κ1) is 16.3. The van der Waals surface area contributed by atoms with Crippen molar-refractivity contribution in [2.45, 2.75) is 32.8 Å². The van der Waals surface area contributed by atoms with Crippen LogP contribution in [0, 0.1) is 5.92 Å². The lowest BCUT2D eigenvalue weighted by molar-refractivity contribution is -0.144. The second-order valence-electron chi connectivity index (χ2n) is 5.50. The first-order valence-corrected chi connectivity index (χ1v) is 7.80. The van der Waals surface area contributed by atoms with Gasteiger partial charge in [0.1, 0.15) is 6.61 Å². The normalized spacial score (nSPS) is 17.9. The Bertz CT molecular complexity index is 489. The zero-order valence-electron chi connectivity index (χ0n) is 13.0. The van der Waals surface area contributed by atoms with Crippen molar-refractivity contribution in [1.82, 2.24) is 4.90 Å². The maximum atomic E-state index is 12.1. The summed E-state index contributed by atoms with van der Waals surface area (Å²) < 4.78 is 10.3. The van der Waals surface area contributed by atoms with Crippen LogP contribution in [0.25, 0.3) is 0 Å². The van der Waals surface area contributed by atoms with Gasteiger partial charge >= 0.3 is 12.1 Å². The second kappa shape index (κ2) is 8.41. The molecule has 0 unspecified atom stereocenters. The SMILES string of the molecule is CCOC(=O)C[C@@H]1CCCN(C(=O)OCc2ccccc2)C1. The number of nitrogens with zero attached hydrogens (tertiary/aromatic N) is 1.